The zero-order valence-electron chi connectivity index (χ0n) is 20.2. The van der Waals surface area contributed by atoms with Crippen LogP contribution in [0.3, 0.4) is 0 Å². The number of nitrogens with zero attached hydrogens (tertiary/aromatic N) is 2. The van der Waals surface area contributed by atoms with E-state index in [0.717, 1.165) is 30.4 Å². The molecular formula is C26H34N2O5S. The highest BCUT2D eigenvalue weighted by atomic mass is 32.2. The molecule has 0 unspecified atom stereocenters. The SMILES string of the molecule is CCCCc1ccc(CS(=O)(=O)c2ccc(C)c(C(=O)N3CCN(C(=O)OCC)CC3)c2)cc1. The van der Waals surface area contributed by atoms with E-state index in [1.54, 1.807) is 35.8 Å². The van der Waals surface area contributed by atoms with Crippen molar-refractivity contribution in [2.45, 2.75) is 50.7 Å². The van der Waals surface area contributed by atoms with Crippen molar-refractivity contribution >= 4 is 21.8 Å². The number of hydrogen-bond acceptors (Lipinski definition) is 5. The molecule has 1 aliphatic heterocycles. The second-order valence-corrected chi connectivity index (χ2v) is 10.6. The summed E-state index contributed by atoms with van der Waals surface area (Å²) in [5.74, 6) is -0.339. The smallest absolute Gasteiger partial charge is 0.409 e. The van der Waals surface area contributed by atoms with Gasteiger partial charge in [-0.25, -0.2) is 13.2 Å². The topological polar surface area (TPSA) is 84.0 Å². The summed E-state index contributed by atoms with van der Waals surface area (Å²) in [6.45, 7) is 7.52. The minimum atomic E-state index is -3.61. The van der Waals surface area contributed by atoms with Gasteiger partial charge in [-0.3, -0.25) is 4.79 Å². The number of benzene rings is 2. The zero-order chi connectivity index (χ0) is 24.7. The number of amides is 2. The van der Waals surface area contributed by atoms with Crippen LogP contribution in [0.15, 0.2) is 47.4 Å². The second kappa shape index (κ2) is 11.5. The summed E-state index contributed by atoms with van der Waals surface area (Å²) in [6, 6.07) is 12.4. The molecule has 3 rings (SSSR count). The molecule has 0 bridgehead atoms. The molecule has 1 fully saturated rings. The van der Waals surface area contributed by atoms with Crippen LogP contribution < -0.4 is 0 Å². The van der Waals surface area contributed by atoms with Crippen molar-refractivity contribution in [2.24, 2.45) is 0 Å². The molecule has 1 heterocycles. The molecule has 0 atom stereocenters. The van der Waals surface area contributed by atoms with Crippen LogP contribution in [-0.4, -0.2) is 63.0 Å². The average Bonchev–Trinajstić information content (AvgIpc) is 2.83. The Bertz CT molecular complexity index is 1100. The molecule has 1 aliphatic rings. The Morgan fingerprint density at radius 3 is 2.15 bits per heavy atom. The zero-order valence-corrected chi connectivity index (χ0v) is 21.1. The van der Waals surface area contributed by atoms with Gasteiger partial charge in [-0.15, -0.1) is 0 Å². The first kappa shape index (κ1) is 25.7. The van der Waals surface area contributed by atoms with Crippen molar-refractivity contribution < 1.29 is 22.7 Å². The van der Waals surface area contributed by atoms with Gasteiger partial charge in [0.1, 0.15) is 0 Å². The second-order valence-electron chi connectivity index (χ2n) is 8.63. The van der Waals surface area contributed by atoms with E-state index in [0.29, 0.717) is 38.3 Å². The van der Waals surface area contributed by atoms with Crippen LogP contribution in [-0.2, 0) is 26.7 Å². The number of hydrogen-bond donors (Lipinski definition) is 0. The van der Waals surface area contributed by atoms with Crippen LogP contribution in [0, 0.1) is 6.92 Å². The molecule has 0 N–H and O–H groups in total. The van der Waals surface area contributed by atoms with Gasteiger partial charge in [0, 0.05) is 31.7 Å². The Kier molecular flexibility index (Phi) is 8.72. The highest BCUT2D eigenvalue weighted by Crippen LogP contribution is 2.22. The minimum absolute atomic E-state index is 0.115. The Hall–Kier alpha value is -2.87. The van der Waals surface area contributed by atoms with Crippen molar-refractivity contribution in [3.8, 4) is 0 Å². The molecule has 184 valence electrons. The summed E-state index contributed by atoms with van der Waals surface area (Å²) in [5, 5.41) is 0. The van der Waals surface area contributed by atoms with E-state index in [-0.39, 0.29) is 22.6 Å². The first-order chi connectivity index (χ1) is 16.2. The lowest BCUT2D eigenvalue weighted by Gasteiger charge is -2.34. The monoisotopic (exact) mass is 486 g/mol. The molecule has 2 aromatic carbocycles. The number of unbranched alkanes of at least 4 members (excludes halogenated alkanes) is 1. The fourth-order valence-corrected chi connectivity index (χ4v) is 5.36. The summed E-state index contributed by atoms with van der Waals surface area (Å²) < 4.78 is 31.3. The quantitative estimate of drug-likeness (QED) is 0.558. The summed E-state index contributed by atoms with van der Waals surface area (Å²) in [4.78, 5) is 28.5. The van der Waals surface area contributed by atoms with Crippen molar-refractivity contribution in [1.82, 2.24) is 9.80 Å². The lowest BCUT2D eigenvalue weighted by atomic mass is 10.1. The molecule has 0 aliphatic carbocycles. The van der Waals surface area contributed by atoms with Crippen LogP contribution in [0.1, 0.15) is 53.7 Å². The van der Waals surface area contributed by atoms with Crippen molar-refractivity contribution in [2.75, 3.05) is 32.8 Å². The number of carbonyl (C=O) groups is 2. The van der Waals surface area contributed by atoms with Crippen LogP contribution >= 0.6 is 0 Å². The van der Waals surface area contributed by atoms with Crippen LogP contribution in [0.5, 0.6) is 0 Å². The van der Waals surface area contributed by atoms with Crippen LogP contribution in [0.2, 0.25) is 0 Å². The number of rotatable bonds is 8. The van der Waals surface area contributed by atoms with Crippen molar-refractivity contribution in [1.29, 1.82) is 0 Å². The Morgan fingerprint density at radius 1 is 0.912 bits per heavy atom. The van der Waals surface area contributed by atoms with Gasteiger partial charge in [0.15, 0.2) is 9.84 Å². The minimum Gasteiger partial charge on any atom is -0.450 e. The maximum Gasteiger partial charge on any atom is 0.409 e. The Morgan fingerprint density at radius 2 is 1.53 bits per heavy atom. The number of piperazine rings is 1. The molecule has 7 nitrogen and oxygen atoms in total. The normalized spacial score (nSPS) is 14.2. The van der Waals surface area contributed by atoms with Crippen LogP contribution in [0.25, 0.3) is 0 Å². The third-order valence-corrected chi connectivity index (χ3v) is 7.78. The van der Waals surface area contributed by atoms with E-state index in [4.69, 9.17) is 4.74 Å². The predicted octanol–water partition coefficient (Wildman–Crippen LogP) is 4.23. The third-order valence-electron chi connectivity index (χ3n) is 6.09. The maximum absolute atomic E-state index is 13.2. The molecule has 0 radical (unpaired) electrons. The number of ether oxygens (including phenoxy) is 1. The molecule has 34 heavy (non-hydrogen) atoms. The fourth-order valence-electron chi connectivity index (χ4n) is 3.99. The first-order valence-electron chi connectivity index (χ1n) is 11.9. The standard InChI is InChI=1S/C26H34N2O5S/c1-4-6-7-21-9-11-22(12-10-21)19-34(31,32)23-13-8-20(3)24(18-23)25(29)27-14-16-28(17-15-27)26(30)33-5-2/h8-13,18H,4-7,14-17,19H2,1-3H3. The molecule has 0 saturated carbocycles. The number of carbonyl (C=O) groups excluding carboxylic acids is 2. The lowest BCUT2D eigenvalue weighted by molar-refractivity contribution is 0.0569. The van der Waals surface area contributed by atoms with Gasteiger partial charge in [0.05, 0.1) is 17.3 Å². The van der Waals surface area contributed by atoms with Gasteiger partial charge in [-0.2, -0.15) is 0 Å². The molecule has 8 heteroatoms. The number of sulfone groups is 1. The van der Waals surface area contributed by atoms with E-state index in [9.17, 15) is 18.0 Å². The van der Waals surface area contributed by atoms with Crippen molar-refractivity contribution in [3.05, 3.63) is 64.7 Å². The van der Waals surface area contributed by atoms with Gasteiger partial charge >= 0.3 is 6.09 Å². The van der Waals surface area contributed by atoms with E-state index in [2.05, 4.69) is 6.92 Å². The summed E-state index contributed by atoms with van der Waals surface area (Å²) in [7, 11) is -3.61. The molecule has 2 aromatic rings. The predicted molar refractivity (Wildman–Crippen MR) is 132 cm³/mol. The molecule has 0 aromatic heterocycles. The van der Waals surface area contributed by atoms with Gasteiger partial charge in [-0.1, -0.05) is 43.7 Å². The highest BCUT2D eigenvalue weighted by molar-refractivity contribution is 7.90. The average molecular weight is 487 g/mol. The first-order valence-corrected chi connectivity index (χ1v) is 13.5. The van der Waals surface area contributed by atoms with E-state index >= 15 is 0 Å². The number of aryl methyl sites for hydroxylation is 2. The fraction of sp³-hybridized carbons (Fsp3) is 0.462. The molecule has 2 amide bonds. The van der Waals surface area contributed by atoms with E-state index < -0.39 is 9.84 Å². The van der Waals surface area contributed by atoms with Gasteiger partial charge < -0.3 is 14.5 Å². The van der Waals surface area contributed by atoms with Gasteiger partial charge in [-0.05, 0) is 55.5 Å². The summed E-state index contributed by atoms with van der Waals surface area (Å²) in [5.41, 5.74) is 3.02. The molecule has 0 spiro atoms. The van der Waals surface area contributed by atoms with E-state index in [1.165, 1.54) is 11.6 Å². The van der Waals surface area contributed by atoms with Crippen LogP contribution in [0.4, 0.5) is 4.79 Å². The van der Waals surface area contributed by atoms with Gasteiger partial charge in [0.2, 0.25) is 0 Å². The Balaban J connectivity index is 1.71. The maximum atomic E-state index is 13.2. The Labute approximate surface area is 202 Å². The molecular weight excluding hydrogens is 452 g/mol. The summed E-state index contributed by atoms with van der Waals surface area (Å²) >= 11 is 0. The van der Waals surface area contributed by atoms with Crippen molar-refractivity contribution in [3.63, 3.8) is 0 Å². The van der Waals surface area contributed by atoms with Gasteiger partial charge in [0.25, 0.3) is 5.91 Å². The molecule has 1 saturated heterocycles. The van der Waals surface area contributed by atoms with E-state index in [1.807, 2.05) is 24.3 Å². The third kappa shape index (κ3) is 6.38. The summed E-state index contributed by atoms with van der Waals surface area (Å²) in [6.07, 6.45) is 2.83. The lowest BCUT2D eigenvalue weighted by Crippen LogP contribution is -2.50. The highest BCUT2D eigenvalue weighted by Gasteiger charge is 2.27. The largest absolute Gasteiger partial charge is 0.450 e.